The van der Waals surface area contributed by atoms with Crippen LogP contribution in [0.4, 0.5) is 11.6 Å². The Morgan fingerprint density at radius 1 is 1.12 bits per heavy atom. The lowest BCUT2D eigenvalue weighted by atomic mass is 10.1. The molecule has 2 aliphatic rings. The number of aromatic nitrogens is 4. The number of fused-ring (bicyclic) bond motifs is 1. The highest BCUT2D eigenvalue weighted by Crippen LogP contribution is 2.27. The first-order chi connectivity index (χ1) is 16.2. The van der Waals surface area contributed by atoms with Gasteiger partial charge >= 0.3 is 6.01 Å². The molecule has 2 aromatic heterocycles. The average molecular weight is 450 g/mol. The van der Waals surface area contributed by atoms with Crippen LogP contribution in [-0.4, -0.2) is 51.9 Å². The zero-order chi connectivity index (χ0) is 22.6. The van der Waals surface area contributed by atoms with Crippen molar-refractivity contribution in [2.75, 3.05) is 36.4 Å². The van der Waals surface area contributed by atoms with E-state index in [2.05, 4.69) is 58.7 Å². The lowest BCUT2D eigenvalue weighted by molar-refractivity contribution is 0.153. The van der Waals surface area contributed by atoms with Gasteiger partial charge in [-0.05, 0) is 56.2 Å². The monoisotopic (exact) mass is 449 g/mol. The highest BCUT2D eigenvalue weighted by Gasteiger charge is 2.20. The zero-order valence-corrected chi connectivity index (χ0v) is 19.8. The van der Waals surface area contributed by atoms with Gasteiger partial charge in [0.2, 0.25) is 5.95 Å². The zero-order valence-electron chi connectivity index (χ0n) is 19.8. The van der Waals surface area contributed by atoms with E-state index in [0.29, 0.717) is 24.4 Å². The average Bonchev–Trinajstić information content (AvgIpc) is 3.28. The van der Waals surface area contributed by atoms with Gasteiger partial charge in [-0.1, -0.05) is 32.0 Å². The van der Waals surface area contributed by atoms with E-state index < -0.39 is 0 Å². The summed E-state index contributed by atoms with van der Waals surface area (Å²) in [7, 11) is 0. The van der Waals surface area contributed by atoms with Crippen LogP contribution in [0.3, 0.4) is 0 Å². The molecular formula is C25H35N7O. The number of rotatable bonds is 7. The second-order valence-corrected chi connectivity index (χ2v) is 9.44. The Hall–Kier alpha value is -2.87. The molecule has 0 amide bonds. The Labute approximate surface area is 195 Å². The maximum atomic E-state index is 6.21. The lowest BCUT2D eigenvalue weighted by Gasteiger charge is -2.30. The fourth-order valence-electron chi connectivity index (χ4n) is 4.80. The lowest BCUT2D eigenvalue weighted by Crippen LogP contribution is -2.37. The number of nitrogens with one attached hydrogen (secondary N) is 2. The van der Waals surface area contributed by atoms with Crippen molar-refractivity contribution in [3.8, 4) is 6.01 Å². The van der Waals surface area contributed by atoms with Crippen molar-refractivity contribution in [3.63, 3.8) is 0 Å². The standard InChI is InChI=1S/C25H35N7O/c1-18(2)21-17-28-32-23(21)29-25(33-20-10-8-12-26-16-20)30-24(32)27-15-19-9-4-5-11-22(19)31-13-6-3-7-14-31/h4-5,9,11,17-18,20,26H,3,6-8,10,12-16H2,1-2H3,(H,27,29,30). The molecule has 2 N–H and O–H groups in total. The predicted molar refractivity (Wildman–Crippen MR) is 131 cm³/mol. The minimum absolute atomic E-state index is 0.0966. The molecule has 0 bridgehead atoms. The molecule has 0 radical (unpaired) electrons. The number of hydrogen-bond acceptors (Lipinski definition) is 7. The van der Waals surface area contributed by atoms with Gasteiger partial charge in [-0.3, -0.25) is 0 Å². The maximum Gasteiger partial charge on any atom is 0.322 e. The first-order valence-electron chi connectivity index (χ1n) is 12.4. The third-order valence-electron chi connectivity index (χ3n) is 6.65. The second kappa shape index (κ2) is 9.95. The van der Waals surface area contributed by atoms with Crippen LogP contribution in [0, 0.1) is 0 Å². The summed E-state index contributed by atoms with van der Waals surface area (Å²) in [5.41, 5.74) is 4.48. The molecule has 4 heterocycles. The maximum absolute atomic E-state index is 6.21. The number of hydrogen-bond donors (Lipinski definition) is 2. The molecular weight excluding hydrogens is 414 g/mol. The summed E-state index contributed by atoms with van der Waals surface area (Å²) in [4.78, 5) is 12.0. The molecule has 2 saturated heterocycles. The molecule has 2 fully saturated rings. The Morgan fingerprint density at radius 3 is 2.76 bits per heavy atom. The van der Waals surface area contributed by atoms with Gasteiger partial charge in [0, 0.05) is 37.4 Å². The van der Waals surface area contributed by atoms with E-state index in [1.54, 1.807) is 0 Å². The fraction of sp³-hybridized carbons (Fsp3) is 0.560. The fourth-order valence-corrected chi connectivity index (χ4v) is 4.80. The predicted octanol–water partition coefficient (Wildman–Crippen LogP) is 3.98. The van der Waals surface area contributed by atoms with Crippen LogP contribution in [0.5, 0.6) is 6.01 Å². The molecule has 33 heavy (non-hydrogen) atoms. The van der Waals surface area contributed by atoms with Crippen molar-refractivity contribution in [1.29, 1.82) is 0 Å². The van der Waals surface area contributed by atoms with Gasteiger partial charge in [0.1, 0.15) is 6.10 Å². The molecule has 2 aliphatic heterocycles. The van der Waals surface area contributed by atoms with Gasteiger partial charge in [-0.2, -0.15) is 19.6 Å². The van der Waals surface area contributed by atoms with Crippen molar-refractivity contribution >= 4 is 17.3 Å². The van der Waals surface area contributed by atoms with E-state index in [0.717, 1.165) is 50.2 Å². The quantitative estimate of drug-likeness (QED) is 0.565. The van der Waals surface area contributed by atoms with Crippen LogP contribution in [0.1, 0.15) is 63.0 Å². The van der Waals surface area contributed by atoms with Crippen molar-refractivity contribution in [1.82, 2.24) is 24.9 Å². The van der Waals surface area contributed by atoms with Crippen molar-refractivity contribution in [2.24, 2.45) is 0 Å². The van der Waals surface area contributed by atoms with Crippen LogP contribution in [0.25, 0.3) is 5.65 Å². The van der Waals surface area contributed by atoms with Gasteiger partial charge in [-0.15, -0.1) is 0 Å². The summed E-state index contributed by atoms with van der Waals surface area (Å²) in [5, 5.41) is 11.5. The largest absolute Gasteiger partial charge is 0.459 e. The number of para-hydroxylation sites is 1. The summed E-state index contributed by atoms with van der Waals surface area (Å²) >= 11 is 0. The smallest absolute Gasteiger partial charge is 0.322 e. The molecule has 0 aliphatic carbocycles. The summed E-state index contributed by atoms with van der Waals surface area (Å²) in [6, 6.07) is 9.08. The number of piperidine rings is 2. The number of ether oxygens (including phenoxy) is 1. The second-order valence-electron chi connectivity index (χ2n) is 9.44. The van der Waals surface area contributed by atoms with E-state index >= 15 is 0 Å². The summed E-state index contributed by atoms with van der Waals surface area (Å²) < 4.78 is 8.02. The van der Waals surface area contributed by atoms with E-state index in [4.69, 9.17) is 14.7 Å². The summed E-state index contributed by atoms with van der Waals surface area (Å²) in [6.45, 7) is 9.11. The highest BCUT2D eigenvalue weighted by molar-refractivity contribution is 5.56. The number of benzene rings is 1. The van der Waals surface area contributed by atoms with Crippen LogP contribution < -0.4 is 20.3 Å². The molecule has 176 valence electrons. The van der Waals surface area contributed by atoms with Crippen LogP contribution in [-0.2, 0) is 6.54 Å². The minimum atomic E-state index is 0.0966. The third kappa shape index (κ3) is 4.90. The van der Waals surface area contributed by atoms with E-state index in [9.17, 15) is 0 Å². The summed E-state index contributed by atoms with van der Waals surface area (Å²) in [6.07, 6.45) is 7.96. The van der Waals surface area contributed by atoms with E-state index in [-0.39, 0.29) is 6.10 Å². The third-order valence-corrected chi connectivity index (χ3v) is 6.65. The van der Waals surface area contributed by atoms with Crippen molar-refractivity contribution < 1.29 is 4.74 Å². The molecule has 1 unspecified atom stereocenters. The summed E-state index contributed by atoms with van der Waals surface area (Å²) in [5.74, 6) is 0.980. The number of anilines is 2. The molecule has 1 atom stereocenters. The van der Waals surface area contributed by atoms with Crippen LogP contribution in [0.15, 0.2) is 30.5 Å². The minimum Gasteiger partial charge on any atom is -0.459 e. The first-order valence-corrected chi connectivity index (χ1v) is 12.4. The molecule has 8 heteroatoms. The molecule has 0 spiro atoms. The Kier molecular flexibility index (Phi) is 6.62. The van der Waals surface area contributed by atoms with Crippen molar-refractivity contribution in [3.05, 3.63) is 41.6 Å². The van der Waals surface area contributed by atoms with Crippen LogP contribution >= 0.6 is 0 Å². The van der Waals surface area contributed by atoms with Gasteiger partial charge in [-0.25, -0.2) is 0 Å². The van der Waals surface area contributed by atoms with Gasteiger partial charge in [0.05, 0.1) is 6.20 Å². The topological polar surface area (TPSA) is 79.6 Å². The molecule has 3 aromatic rings. The van der Waals surface area contributed by atoms with Gasteiger partial charge < -0.3 is 20.3 Å². The highest BCUT2D eigenvalue weighted by atomic mass is 16.5. The molecule has 5 rings (SSSR count). The van der Waals surface area contributed by atoms with E-state index in [1.807, 2.05) is 10.7 Å². The normalized spacial score (nSPS) is 19.2. The number of nitrogens with zero attached hydrogens (tertiary/aromatic N) is 5. The Bertz CT molecular complexity index is 1070. The van der Waals surface area contributed by atoms with Crippen LogP contribution in [0.2, 0.25) is 0 Å². The molecule has 1 aromatic carbocycles. The Balaban J connectivity index is 1.42. The molecule has 0 saturated carbocycles. The molecule has 8 nitrogen and oxygen atoms in total. The van der Waals surface area contributed by atoms with E-state index in [1.165, 1.54) is 30.5 Å². The van der Waals surface area contributed by atoms with Crippen molar-refractivity contribution in [2.45, 2.75) is 64.5 Å². The first kappa shape index (κ1) is 21.9. The SMILES string of the molecule is CC(C)c1cnn2c(NCc3ccccc3N3CCCCC3)nc(OC3CCCNC3)nc12. The van der Waals surface area contributed by atoms with Gasteiger partial charge in [0.25, 0.3) is 0 Å². The van der Waals surface area contributed by atoms with Gasteiger partial charge in [0.15, 0.2) is 5.65 Å². The Morgan fingerprint density at radius 2 is 1.97 bits per heavy atom.